The fraction of sp³-hybridized carbons (Fsp3) is 0.562. The van der Waals surface area contributed by atoms with Crippen LogP contribution in [0.2, 0.25) is 0 Å². The van der Waals surface area contributed by atoms with Crippen molar-refractivity contribution in [1.82, 2.24) is 5.32 Å². The van der Waals surface area contributed by atoms with Gasteiger partial charge in [0.1, 0.15) is 18.3 Å². The molecular formula is C16H21NO3. The number of rotatable bonds is 4. The summed E-state index contributed by atoms with van der Waals surface area (Å²) >= 11 is 0. The second-order valence-electron chi connectivity index (χ2n) is 5.78. The molecule has 4 nitrogen and oxygen atoms in total. The monoisotopic (exact) mass is 275 g/mol. The van der Waals surface area contributed by atoms with Crippen molar-refractivity contribution in [2.75, 3.05) is 19.8 Å². The molecule has 0 saturated heterocycles. The number of nitrogens with one attached hydrogen (secondary N) is 1. The molecular weight excluding hydrogens is 254 g/mol. The molecule has 1 aromatic carbocycles. The van der Waals surface area contributed by atoms with Gasteiger partial charge < -0.3 is 15.2 Å². The van der Waals surface area contributed by atoms with Crippen LogP contribution in [0.4, 0.5) is 0 Å². The maximum atomic E-state index is 12.3. The highest BCUT2D eigenvalue weighted by molar-refractivity contribution is 5.85. The SMILES string of the molecule is O=C(NCC1CCCC1CO)C1COc2ccccc21. The molecule has 0 spiro atoms. The molecule has 1 heterocycles. The molecule has 108 valence electrons. The molecule has 4 heteroatoms. The number of aliphatic hydroxyl groups excluding tert-OH is 1. The fourth-order valence-corrected chi connectivity index (χ4v) is 3.36. The van der Waals surface area contributed by atoms with E-state index in [1.165, 1.54) is 0 Å². The lowest BCUT2D eigenvalue weighted by Gasteiger charge is -2.19. The van der Waals surface area contributed by atoms with E-state index in [0.29, 0.717) is 25.0 Å². The van der Waals surface area contributed by atoms with Crippen molar-refractivity contribution in [3.63, 3.8) is 0 Å². The predicted molar refractivity (Wildman–Crippen MR) is 75.6 cm³/mol. The minimum Gasteiger partial charge on any atom is -0.492 e. The Hall–Kier alpha value is -1.55. The first-order chi connectivity index (χ1) is 9.79. The summed E-state index contributed by atoms with van der Waals surface area (Å²) < 4.78 is 5.55. The highest BCUT2D eigenvalue weighted by atomic mass is 16.5. The van der Waals surface area contributed by atoms with Crippen LogP contribution in [0.3, 0.4) is 0 Å². The van der Waals surface area contributed by atoms with E-state index in [1.54, 1.807) is 0 Å². The van der Waals surface area contributed by atoms with Gasteiger partial charge in [-0.1, -0.05) is 24.6 Å². The number of ether oxygens (including phenoxy) is 1. The first-order valence-corrected chi connectivity index (χ1v) is 7.40. The van der Waals surface area contributed by atoms with Gasteiger partial charge in [-0.25, -0.2) is 0 Å². The average Bonchev–Trinajstić information content (AvgIpc) is 3.11. The zero-order valence-electron chi connectivity index (χ0n) is 11.5. The van der Waals surface area contributed by atoms with E-state index in [-0.39, 0.29) is 18.4 Å². The fourth-order valence-electron chi connectivity index (χ4n) is 3.36. The van der Waals surface area contributed by atoms with E-state index < -0.39 is 0 Å². The summed E-state index contributed by atoms with van der Waals surface area (Å²) in [5, 5.41) is 12.4. The topological polar surface area (TPSA) is 58.6 Å². The van der Waals surface area contributed by atoms with Crippen molar-refractivity contribution in [3.8, 4) is 5.75 Å². The highest BCUT2D eigenvalue weighted by Crippen LogP contribution is 2.34. The number of carbonyl (C=O) groups excluding carboxylic acids is 1. The summed E-state index contributed by atoms with van der Waals surface area (Å²) in [6.45, 7) is 1.33. The molecule has 1 fully saturated rings. The maximum absolute atomic E-state index is 12.3. The Morgan fingerprint density at radius 3 is 2.95 bits per heavy atom. The van der Waals surface area contributed by atoms with Gasteiger partial charge in [0.05, 0.1) is 0 Å². The first-order valence-electron chi connectivity index (χ1n) is 7.40. The quantitative estimate of drug-likeness (QED) is 0.879. The summed E-state index contributed by atoms with van der Waals surface area (Å²) in [6, 6.07) is 7.72. The zero-order chi connectivity index (χ0) is 13.9. The second kappa shape index (κ2) is 5.83. The van der Waals surface area contributed by atoms with Crippen LogP contribution in [-0.2, 0) is 4.79 Å². The summed E-state index contributed by atoms with van der Waals surface area (Å²) in [7, 11) is 0. The molecule has 0 aromatic heterocycles. The molecule has 3 unspecified atom stereocenters. The lowest BCUT2D eigenvalue weighted by Crippen LogP contribution is -2.35. The van der Waals surface area contributed by atoms with E-state index in [2.05, 4.69) is 5.32 Å². The van der Waals surface area contributed by atoms with E-state index in [9.17, 15) is 9.90 Å². The van der Waals surface area contributed by atoms with Gasteiger partial charge in [-0.05, 0) is 30.7 Å². The largest absolute Gasteiger partial charge is 0.492 e. The number of fused-ring (bicyclic) bond motifs is 1. The van der Waals surface area contributed by atoms with Gasteiger partial charge in [0.2, 0.25) is 5.91 Å². The van der Waals surface area contributed by atoms with Crippen LogP contribution in [-0.4, -0.2) is 30.8 Å². The molecule has 0 radical (unpaired) electrons. The number of aliphatic hydroxyl groups is 1. The Morgan fingerprint density at radius 1 is 1.30 bits per heavy atom. The lowest BCUT2D eigenvalue weighted by atomic mass is 9.96. The lowest BCUT2D eigenvalue weighted by molar-refractivity contribution is -0.123. The van der Waals surface area contributed by atoms with Crippen molar-refractivity contribution in [3.05, 3.63) is 29.8 Å². The molecule has 0 bridgehead atoms. The number of para-hydroxylation sites is 1. The molecule has 1 aliphatic carbocycles. The van der Waals surface area contributed by atoms with Crippen LogP contribution in [0, 0.1) is 11.8 Å². The number of benzene rings is 1. The third-order valence-corrected chi connectivity index (χ3v) is 4.61. The Labute approximate surface area is 119 Å². The molecule has 1 aromatic rings. The van der Waals surface area contributed by atoms with Crippen LogP contribution in [0.1, 0.15) is 30.7 Å². The van der Waals surface area contributed by atoms with Gasteiger partial charge in [-0.15, -0.1) is 0 Å². The highest BCUT2D eigenvalue weighted by Gasteiger charge is 2.32. The summed E-state index contributed by atoms with van der Waals surface area (Å²) in [6.07, 6.45) is 3.33. The number of hydrogen-bond donors (Lipinski definition) is 2. The van der Waals surface area contributed by atoms with Crippen LogP contribution < -0.4 is 10.1 Å². The molecule has 1 saturated carbocycles. The van der Waals surface area contributed by atoms with Crippen LogP contribution >= 0.6 is 0 Å². The normalized spacial score (nSPS) is 27.9. The molecule has 2 aliphatic rings. The van der Waals surface area contributed by atoms with Crippen molar-refractivity contribution >= 4 is 5.91 Å². The van der Waals surface area contributed by atoms with Crippen LogP contribution in [0.15, 0.2) is 24.3 Å². The summed E-state index contributed by atoms with van der Waals surface area (Å²) in [4.78, 5) is 12.3. The van der Waals surface area contributed by atoms with Gasteiger partial charge in [0.25, 0.3) is 0 Å². The van der Waals surface area contributed by atoms with Crippen molar-refractivity contribution in [1.29, 1.82) is 0 Å². The average molecular weight is 275 g/mol. The number of amides is 1. The molecule has 2 N–H and O–H groups in total. The third kappa shape index (κ3) is 2.52. The number of hydrogen-bond acceptors (Lipinski definition) is 3. The first kappa shape index (κ1) is 13.4. The minimum absolute atomic E-state index is 0.0403. The summed E-state index contributed by atoms with van der Waals surface area (Å²) in [5.41, 5.74) is 0.982. The standard InChI is InChI=1S/C16H21NO3/c18-9-12-5-3-4-11(12)8-17-16(19)14-10-20-15-7-2-1-6-13(14)15/h1-2,6-7,11-12,14,18H,3-5,8-10H2,(H,17,19). The van der Waals surface area contributed by atoms with Gasteiger partial charge >= 0.3 is 0 Å². The minimum atomic E-state index is -0.194. The van der Waals surface area contributed by atoms with Gasteiger partial charge in [0.15, 0.2) is 0 Å². The third-order valence-electron chi connectivity index (χ3n) is 4.61. The Kier molecular flexibility index (Phi) is 3.92. The molecule has 20 heavy (non-hydrogen) atoms. The predicted octanol–water partition coefficient (Wildman–Crippen LogP) is 1.69. The molecule has 3 atom stereocenters. The zero-order valence-corrected chi connectivity index (χ0v) is 11.5. The molecule has 1 amide bonds. The van der Waals surface area contributed by atoms with Crippen LogP contribution in [0.25, 0.3) is 0 Å². The van der Waals surface area contributed by atoms with Crippen molar-refractivity contribution < 1.29 is 14.6 Å². The van der Waals surface area contributed by atoms with Gasteiger partial charge in [-0.3, -0.25) is 4.79 Å². The van der Waals surface area contributed by atoms with Crippen LogP contribution in [0.5, 0.6) is 5.75 Å². The maximum Gasteiger partial charge on any atom is 0.231 e. The van der Waals surface area contributed by atoms with E-state index in [4.69, 9.17) is 4.74 Å². The van der Waals surface area contributed by atoms with E-state index in [1.807, 2.05) is 24.3 Å². The van der Waals surface area contributed by atoms with E-state index in [0.717, 1.165) is 30.6 Å². The van der Waals surface area contributed by atoms with E-state index >= 15 is 0 Å². The smallest absolute Gasteiger partial charge is 0.231 e. The van der Waals surface area contributed by atoms with Crippen molar-refractivity contribution in [2.24, 2.45) is 11.8 Å². The Balaban J connectivity index is 1.58. The van der Waals surface area contributed by atoms with Gasteiger partial charge in [0, 0.05) is 18.7 Å². The Bertz CT molecular complexity index is 488. The Morgan fingerprint density at radius 2 is 2.10 bits per heavy atom. The molecule has 1 aliphatic heterocycles. The summed E-state index contributed by atoms with van der Waals surface area (Å²) in [5.74, 6) is 1.43. The van der Waals surface area contributed by atoms with Crippen molar-refractivity contribution in [2.45, 2.75) is 25.2 Å². The number of carbonyl (C=O) groups is 1. The molecule has 3 rings (SSSR count). The van der Waals surface area contributed by atoms with Gasteiger partial charge in [-0.2, -0.15) is 0 Å². The second-order valence-corrected chi connectivity index (χ2v) is 5.78.